The van der Waals surface area contributed by atoms with Crippen LogP contribution >= 0.6 is 11.6 Å². The lowest BCUT2D eigenvalue weighted by Gasteiger charge is -2.34. The van der Waals surface area contributed by atoms with E-state index in [2.05, 4.69) is 4.90 Å². The van der Waals surface area contributed by atoms with Crippen molar-refractivity contribution in [2.24, 2.45) is 0 Å². The summed E-state index contributed by atoms with van der Waals surface area (Å²) in [7, 11) is -0.652. The molecule has 0 aliphatic carbocycles. The minimum absolute atomic E-state index is 0.158. The molecule has 0 saturated carbocycles. The Hall–Kier alpha value is -1.80. The third-order valence-electron chi connectivity index (χ3n) is 4.67. The van der Waals surface area contributed by atoms with Gasteiger partial charge in [0.15, 0.2) is 0 Å². The van der Waals surface area contributed by atoms with Gasteiger partial charge in [0, 0.05) is 43.8 Å². The monoisotopic (exact) mass is 410 g/mol. The van der Waals surface area contributed by atoms with E-state index in [0.717, 1.165) is 10.6 Å². The second-order valence-electron chi connectivity index (χ2n) is 6.29. The Morgan fingerprint density at radius 1 is 1.00 bits per heavy atom. The van der Waals surface area contributed by atoms with E-state index < -0.39 is 10.0 Å². The molecule has 27 heavy (non-hydrogen) atoms. The SMILES string of the molecule is COc1ccc(S(=O)(=O)N2CCN(Cc3ccccc3Cl)CC2)c(OC)c1. The van der Waals surface area contributed by atoms with Crippen molar-refractivity contribution in [3.05, 3.63) is 53.1 Å². The highest BCUT2D eigenvalue weighted by Crippen LogP contribution is 2.31. The highest BCUT2D eigenvalue weighted by molar-refractivity contribution is 7.89. The summed E-state index contributed by atoms with van der Waals surface area (Å²) >= 11 is 6.23. The highest BCUT2D eigenvalue weighted by atomic mass is 35.5. The lowest BCUT2D eigenvalue weighted by atomic mass is 10.2. The Labute approximate surface area is 165 Å². The molecule has 146 valence electrons. The van der Waals surface area contributed by atoms with E-state index in [0.29, 0.717) is 38.5 Å². The van der Waals surface area contributed by atoms with Gasteiger partial charge in [-0.25, -0.2) is 8.42 Å². The molecule has 0 amide bonds. The van der Waals surface area contributed by atoms with Gasteiger partial charge in [0.25, 0.3) is 0 Å². The number of nitrogens with zero attached hydrogens (tertiary/aromatic N) is 2. The van der Waals surface area contributed by atoms with Crippen LogP contribution in [0, 0.1) is 0 Å². The van der Waals surface area contributed by atoms with Crippen LogP contribution in [0.15, 0.2) is 47.4 Å². The largest absolute Gasteiger partial charge is 0.497 e. The molecule has 1 fully saturated rings. The number of rotatable bonds is 6. The summed E-state index contributed by atoms with van der Waals surface area (Å²) in [6.45, 7) is 2.83. The zero-order valence-corrected chi connectivity index (χ0v) is 17.0. The Morgan fingerprint density at radius 2 is 1.70 bits per heavy atom. The van der Waals surface area contributed by atoms with Crippen LogP contribution in [0.25, 0.3) is 0 Å². The van der Waals surface area contributed by atoms with Crippen LogP contribution in [0.1, 0.15) is 5.56 Å². The third-order valence-corrected chi connectivity index (χ3v) is 6.98. The van der Waals surface area contributed by atoms with E-state index in [-0.39, 0.29) is 10.6 Å². The summed E-state index contributed by atoms with van der Waals surface area (Å²) in [6.07, 6.45) is 0. The molecule has 1 saturated heterocycles. The van der Waals surface area contributed by atoms with Gasteiger partial charge in [-0.05, 0) is 23.8 Å². The van der Waals surface area contributed by atoms with Gasteiger partial charge in [-0.3, -0.25) is 4.90 Å². The molecule has 1 heterocycles. The van der Waals surface area contributed by atoms with Gasteiger partial charge in [-0.1, -0.05) is 29.8 Å². The lowest BCUT2D eigenvalue weighted by molar-refractivity contribution is 0.181. The van der Waals surface area contributed by atoms with Crippen molar-refractivity contribution in [2.45, 2.75) is 11.4 Å². The predicted molar refractivity (Wildman–Crippen MR) is 105 cm³/mol. The first-order valence-corrected chi connectivity index (χ1v) is 10.5. The second kappa shape index (κ2) is 8.48. The van der Waals surface area contributed by atoms with Crippen molar-refractivity contribution in [1.29, 1.82) is 0 Å². The van der Waals surface area contributed by atoms with Crippen LogP contribution in [0.5, 0.6) is 11.5 Å². The van der Waals surface area contributed by atoms with E-state index in [9.17, 15) is 8.42 Å². The summed E-state index contributed by atoms with van der Waals surface area (Å²) in [5.74, 6) is 0.836. The van der Waals surface area contributed by atoms with Gasteiger partial charge < -0.3 is 9.47 Å². The molecule has 0 spiro atoms. The van der Waals surface area contributed by atoms with Crippen molar-refractivity contribution in [1.82, 2.24) is 9.21 Å². The van der Waals surface area contributed by atoms with E-state index in [1.165, 1.54) is 24.6 Å². The standard InChI is InChI=1S/C19H23ClN2O4S/c1-25-16-7-8-19(18(13-16)26-2)27(23,24)22-11-9-21(10-12-22)14-15-5-3-4-6-17(15)20/h3-8,13H,9-12,14H2,1-2H3. The molecule has 8 heteroatoms. The number of benzene rings is 2. The highest BCUT2D eigenvalue weighted by Gasteiger charge is 2.31. The fourth-order valence-electron chi connectivity index (χ4n) is 3.12. The molecule has 0 unspecified atom stereocenters. The molecule has 1 aliphatic heterocycles. The molecule has 2 aromatic carbocycles. The van der Waals surface area contributed by atoms with Crippen molar-refractivity contribution < 1.29 is 17.9 Å². The molecule has 0 radical (unpaired) electrons. The van der Waals surface area contributed by atoms with Crippen LogP contribution in [0.2, 0.25) is 5.02 Å². The normalized spacial score (nSPS) is 16.3. The number of piperazine rings is 1. The van der Waals surface area contributed by atoms with Gasteiger partial charge in [0.1, 0.15) is 16.4 Å². The molecule has 3 rings (SSSR count). The lowest BCUT2D eigenvalue weighted by Crippen LogP contribution is -2.48. The zero-order valence-electron chi connectivity index (χ0n) is 15.4. The fraction of sp³-hybridized carbons (Fsp3) is 0.368. The fourth-order valence-corrected chi connectivity index (χ4v) is 4.88. The molecule has 6 nitrogen and oxygen atoms in total. The predicted octanol–water partition coefficient (Wildman–Crippen LogP) is 2.86. The number of ether oxygens (including phenoxy) is 2. The van der Waals surface area contributed by atoms with E-state index in [1.807, 2.05) is 24.3 Å². The molecule has 0 atom stereocenters. The van der Waals surface area contributed by atoms with Gasteiger partial charge in [0.2, 0.25) is 10.0 Å². The molecule has 0 N–H and O–H groups in total. The first-order chi connectivity index (χ1) is 13.0. The number of halogens is 1. The maximum absolute atomic E-state index is 13.1. The Morgan fingerprint density at radius 3 is 2.33 bits per heavy atom. The van der Waals surface area contributed by atoms with Crippen LogP contribution in [-0.4, -0.2) is 58.0 Å². The van der Waals surface area contributed by atoms with Crippen LogP contribution in [0.4, 0.5) is 0 Å². The van der Waals surface area contributed by atoms with Crippen LogP contribution in [-0.2, 0) is 16.6 Å². The van der Waals surface area contributed by atoms with Crippen LogP contribution < -0.4 is 9.47 Å². The van der Waals surface area contributed by atoms with Crippen molar-refractivity contribution in [3.63, 3.8) is 0 Å². The summed E-state index contributed by atoms with van der Waals surface area (Å²) in [5.41, 5.74) is 1.05. The van der Waals surface area contributed by atoms with E-state index in [1.54, 1.807) is 12.1 Å². The number of hydrogen-bond donors (Lipinski definition) is 0. The maximum Gasteiger partial charge on any atom is 0.246 e. The number of hydrogen-bond acceptors (Lipinski definition) is 5. The first kappa shape index (κ1) is 19.9. The molecule has 0 aromatic heterocycles. The summed E-state index contributed by atoms with van der Waals surface area (Å²) in [4.78, 5) is 2.36. The van der Waals surface area contributed by atoms with Gasteiger partial charge in [0.05, 0.1) is 14.2 Å². The second-order valence-corrected chi connectivity index (χ2v) is 8.60. The van der Waals surface area contributed by atoms with Gasteiger partial charge >= 0.3 is 0 Å². The van der Waals surface area contributed by atoms with Gasteiger partial charge in [-0.15, -0.1) is 0 Å². The quantitative estimate of drug-likeness (QED) is 0.732. The minimum Gasteiger partial charge on any atom is -0.497 e. The number of sulfonamides is 1. The minimum atomic E-state index is -3.63. The third kappa shape index (κ3) is 4.38. The molecule has 2 aromatic rings. The Bertz CT molecular complexity index is 896. The Kier molecular flexibility index (Phi) is 6.26. The molecule has 0 bridgehead atoms. The van der Waals surface area contributed by atoms with Crippen LogP contribution in [0.3, 0.4) is 0 Å². The van der Waals surface area contributed by atoms with Crippen molar-refractivity contribution >= 4 is 21.6 Å². The zero-order chi connectivity index (χ0) is 19.4. The number of methoxy groups -OCH3 is 2. The first-order valence-electron chi connectivity index (χ1n) is 8.63. The summed E-state index contributed by atoms with van der Waals surface area (Å²) < 4.78 is 38.0. The van der Waals surface area contributed by atoms with Gasteiger partial charge in [-0.2, -0.15) is 4.31 Å². The van der Waals surface area contributed by atoms with E-state index >= 15 is 0 Å². The van der Waals surface area contributed by atoms with Crippen molar-refractivity contribution in [3.8, 4) is 11.5 Å². The molecular weight excluding hydrogens is 388 g/mol. The Balaban J connectivity index is 1.71. The average Bonchev–Trinajstić information content (AvgIpc) is 2.69. The maximum atomic E-state index is 13.1. The van der Waals surface area contributed by atoms with E-state index in [4.69, 9.17) is 21.1 Å². The smallest absolute Gasteiger partial charge is 0.246 e. The molecule has 1 aliphatic rings. The average molecular weight is 411 g/mol. The topological polar surface area (TPSA) is 59.1 Å². The molecular formula is C19H23ClN2O4S. The summed E-state index contributed by atoms with van der Waals surface area (Å²) in [6, 6.07) is 12.5. The summed E-state index contributed by atoms with van der Waals surface area (Å²) in [5, 5.41) is 0.732. The van der Waals surface area contributed by atoms with Crippen molar-refractivity contribution in [2.75, 3.05) is 40.4 Å².